The standard InChI is InChI=1S/C13H18O4/c1-5-13(3,4)17-16-10-8-6-7-9(2)11(10)12(14)15/h6-8H,5H2,1-4H3,(H,14,15). The lowest BCUT2D eigenvalue weighted by Gasteiger charge is -2.22. The maximum Gasteiger partial charge on any atom is 0.339 e. The second-order valence-corrected chi connectivity index (χ2v) is 4.53. The number of rotatable bonds is 5. The molecule has 1 rings (SSSR count). The summed E-state index contributed by atoms with van der Waals surface area (Å²) in [5, 5.41) is 9.10. The fraction of sp³-hybridized carbons (Fsp3) is 0.462. The zero-order valence-corrected chi connectivity index (χ0v) is 10.6. The summed E-state index contributed by atoms with van der Waals surface area (Å²) in [5.41, 5.74) is 0.340. The molecule has 0 aromatic heterocycles. The van der Waals surface area contributed by atoms with E-state index in [0.29, 0.717) is 5.56 Å². The highest BCUT2D eigenvalue weighted by Gasteiger charge is 2.21. The topological polar surface area (TPSA) is 55.8 Å². The van der Waals surface area contributed by atoms with Crippen LogP contribution >= 0.6 is 0 Å². The Morgan fingerprint density at radius 1 is 1.41 bits per heavy atom. The number of carboxylic acids is 1. The van der Waals surface area contributed by atoms with Crippen molar-refractivity contribution in [3.63, 3.8) is 0 Å². The van der Waals surface area contributed by atoms with Gasteiger partial charge < -0.3 is 9.99 Å². The summed E-state index contributed by atoms with van der Waals surface area (Å²) < 4.78 is 0. The molecule has 0 fully saturated rings. The van der Waals surface area contributed by atoms with E-state index in [9.17, 15) is 4.79 Å². The summed E-state index contributed by atoms with van der Waals surface area (Å²) >= 11 is 0. The molecule has 0 atom stereocenters. The molecule has 0 bridgehead atoms. The van der Waals surface area contributed by atoms with Crippen molar-refractivity contribution >= 4 is 5.97 Å². The van der Waals surface area contributed by atoms with Gasteiger partial charge in [-0.25, -0.2) is 4.79 Å². The van der Waals surface area contributed by atoms with E-state index in [2.05, 4.69) is 0 Å². The van der Waals surface area contributed by atoms with E-state index in [4.69, 9.17) is 14.9 Å². The van der Waals surface area contributed by atoms with Crippen LogP contribution in [0.4, 0.5) is 0 Å². The Labute approximate surface area is 101 Å². The lowest BCUT2D eigenvalue weighted by Crippen LogP contribution is -2.25. The van der Waals surface area contributed by atoms with Crippen LogP contribution in [0.3, 0.4) is 0 Å². The third kappa shape index (κ3) is 3.46. The molecule has 4 nitrogen and oxygen atoms in total. The molecule has 17 heavy (non-hydrogen) atoms. The highest BCUT2D eigenvalue weighted by molar-refractivity contribution is 5.92. The highest BCUT2D eigenvalue weighted by atomic mass is 17.2. The molecule has 94 valence electrons. The molecule has 1 aromatic rings. The van der Waals surface area contributed by atoms with Crippen molar-refractivity contribution in [2.75, 3.05) is 0 Å². The maximum atomic E-state index is 11.1. The molecule has 0 aliphatic carbocycles. The molecule has 0 aliphatic heterocycles. The van der Waals surface area contributed by atoms with E-state index in [1.54, 1.807) is 25.1 Å². The lowest BCUT2D eigenvalue weighted by molar-refractivity contribution is -0.281. The van der Waals surface area contributed by atoms with Crippen LogP contribution in [-0.2, 0) is 4.89 Å². The van der Waals surface area contributed by atoms with Crippen molar-refractivity contribution < 1.29 is 19.7 Å². The zero-order chi connectivity index (χ0) is 13.1. The number of benzene rings is 1. The van der Waals surface area contributed by atoms with E-state index in [0.717, 1.165) is 6.42 Å². The Bertz CT molecular complexity index is 410. The van der Waals surface area contributed by atoms with Gasteiger partial charge in [0.1, 0.15) is 11.2 Å². The zero-order valence-electron chi connectivity index (χ0n) is 10.6. The normalized spacial score (nSPS) is 11.3. The Morgan fingerprint density at radius 3 is 2.59 bits per heavy atom. The fourth-order valence-corrected chi connectivity index (χ4v) is 1.20. The second-order valence-electron chi connectivity index (χ2n) is 4.53. The van der Waals surface area contributed by atoms with Crippen molar-refractivity contribution in [3.8, 4) is 5.75 Å². The molecule has 0 spiro atoms. The minimum atomic E-state index is -1.02. The third-order valence-corrected chi connectivity index (χ3v) is 2.66. The molecular formula is C13H18O4. The summed E-state index contributed by atoms with van der Waals surface area (Å²) in [6.07, 6.45) is 0.765. The summed E-state index contributed by atoms with van der Waals surface area (Å²) in [4.78, 5) is 21.5. The SMILES string of the molecule is CCC(C)(C)OOc1cccc(C)c1C(=O)O. The predicted molar refractivity (Wildman–Crippen MR) is 64.2 cm³/mol. The van der Waals surface area contributed by atoms with Gasteiger partial charge in [-0.2, -0.15) is 4.89 Å². The minimum absolute atomic E-state index is 0.138. The third-order valence-electron chi connectivity index (χ3n) is 2.66. The van der Waals surface area contributed by atoms with Crippen LogP contribution in [0.2, 0.25) is 0 Å². The molecule has 0 radical (unpaired) electrons. The molecule has 0 saturated carbocycles. The van der Waals surface area contributed by atoms with Crippen LogP contribution in [-0.4, -0.2) is 16.7 Å². The molecule has 1 aromatic carbocycles. The first-order chi connectivity index (χ1) is 7.87. The van der Waals surface area contributed by atoms with Gasteiger partial charge in [-0.1, -0.05) is 19.1 Å². The summed E-state index contributed by atoms with van der Waals surface area (Å²) in [5.74, 6) is -0.782. The van der Waals surface area contributed by atoms with Crippen molar-refractivity contribution in [1.29, 1.82) is 0 Å². The predicted octanol–water partition coefficient (Wildman–Crippen LogP) is 3.19. The van der Waals surface area contributed by atoms with Crippen LogP contribution in [0.15, 0.2) is 18.2 Å². The summed E-state index contributed by atoms with van der Waals surface area (Å²) in [6, 6.07) is 5.04. The smallest absolute Gasteiger partial charge is 0.339 e. The number of hydrogen-bond donors (Lipinski definition) is 1. The number of aromatic carboxylic acids is 1. The van der Waals surface area contributed by atoms with E-state index < -0.39 is 11.6 Å². The van der Waals surface area contributed by atoms with Gasteiger partial charge in [0.25, 0.3) is 0 Å². The van der Waals surface area contributed by atoms with Gasteiger partial charge in [-0.3, -0.25) is 0 Å². The van der Waals surface area contributed by atoms with Gasteiger partial charge in [0, 0.05) is 0 Å². The largest absolute Gasteiger partial charge is 0.478 e. The van der Waals surface area contributed by atoms with Gasteiger partial charge in [-0.05, 0) is 38.8 Å². The first kappa shape index (κ1) is 13.5. The average molecular weight is 238 g/mol. The van der Waals surface area contributed by atoms with Gasteiger partial charge in [-0.15, -0.1) is 0 Å². The first-order valence-electron chi connectivity index (χ1n) is 5.56. The Hall–Kier alpha value is -1.55. The number of carboxylic acid groups (broad SMARTS) is 1. The Balaban J connectivity index is 2.92. The van der Waals surface area contributed by atoms with E-state index in [1.807, 2.05) is 20.8 Å². The van der Waals surface area contributed by atoms with Crippen molar-refractivity contribution in [2.24, 2.45) is 0 Å². The van der Waals surface area contributed by atoms with Crippen molar-refractivity contribution in [1.82, 2.24) is 0 Å². The highest BCUT2D eigenvalue weighted by Crippen LogP contribution is 2.24. The van der Waals surface area contributed by atoms with Crippen LogP contribution in [0.1, 0.15) is 43.1 Å². The average Bonchev–Trinajstić information content (AvgIpc) is 2.26. The number of hydrogen-bond acceptors (Lipinski definition) is 3. The van der Waals surface area contributed by atoms with Gasteiger partial charge in [0.05, 0.1) is 0 Å². The first-order valence-corrected chi connectivity index (χ1v) is 5.56. The van der Waals surface area contributed by atoms with E-state index in [-0.39, 0.29) is 11.3 Å². The van der Waals surface area contributed by atoms with Crippen LogP contribution in [0.25, 0.3) is 0 Å². The van der Waals surface area contributed by atoms with Crippen molar-refractivity contribution in [3.05, 3.63) is 29.3 Å². The van der Waals surface area contributed by atoms with Crippen molar-refractivity contribution in [2.45, 2.75) is 39.7 Å². The summed E-state index contributed by atoms with van der Waals surface area (Å²) in [6.45, 7) is 7.45. The molecule has 0 unspecified atom stereocenters. The van der Waals surface area contributed by atoms with E-state index >= 15 is 0 Å². The maximum absolute atomic E-state index is 11.1. The van der Waals surface area contributed by atoms with Crippen LogP contribution in [0, 0.1) is 6.92 Å². The number of aryl methyl sites for hydroxylation is 1. The van der Waals surface area contributed by atoms with Crippen LogP contribution in [0.5, 0.6) is 5.75 Å². The van der Waals surface area contributed by atoms with Gasteiger partial charge >= 0.3 is 5.97 Å². The Morgan fingerprint density at radius 2 is 2.06 bits per heavy atom. The van der Waals surface area contributed by atoms with Gasteiger partial charge in [0.2, 0.25) is 0 Å². The minimum Gasteiger partial charge on any atom is -0.478 e. The molecule has 0 amide bonds. The fourth-order valence-electron chi connectivity index (χ4n) is 1.20. The van der Waals surface area contributed by atoms with Gasteiger partial charge in [0.15, 0.2) is 5.75 Å². The Kier molecular flexibility index (Phi) is 4.12. The quantitative estimate of drug-likeness (QED) is 0.632. The molecule has 4 heteroatoms. The van der Waals surface area contributed by atoms with Crippen LogP contribution < -0.4 is 4.89 Å². The monoisotopic (exact) mass is 238 g/mol. The second kappa shape index (κ2) is 5.19. The molecule has 1 N–H and O–H groups in total. The summed E-state index contributed by atoms with van der Waals surface area (Å²) in [7, 11) is 0. The van der Waals surface area contributed by atoms with E-state index in [1.165, 1.54) is 0 Å². The molecule has 0 aliphatic rings. The molecular weight excluding hydrogens is 220 g/mol. The lowest BCUT2D eigenvalue weighted by atomic mass is 10.1. The molecule has 0 saturated heterocycles. The number of carbonyl (C=O) groups is 1. The molecule has 0 heterocycles.